The zero-order valence-electron chi connectivity index (χ0n) is 7.66. The van der Waals surface area contributed by atoms with Crippen molar-refractivity contribution in [3.63, 3.8) is 0 Å². The van der Waals surface area contributed by atoms with Gasteiger partial charge in [-0.25, -0.2) is 9.48 Å². The molecule has 0 radical (unpaired) electrons. The second-order valence-corrected chi connectivity index (χ2v) is 2.82. The molecule has 0 aliphatic carbocycles. The van der Waals surface area contributed by atoms with Crippen LogP contribution in [0.4, 0.5) is 0 Å². The monoisotopic (exact) mass is 182 g/mol. The first kappa shape index (κ1) is 9.44. The van der Waals surface area contributed by atoms with Gasteiger partial charge in [-0.15, -0.1) is 0 Å². The number of hydrogen-bond acceptors (Lipinski definition) is 3. The summed E-state index contributed by atoms with van der Waals surface area (Å²) in [5, 5.41) is 12.6. The molecule has 0 saturated heterocycles. The minimum absolute atomic E-state index is 0.00287. The van der Waals surface area contributed by atoms with Gasteiger partial charge in [-0.3, -0.25) is 4.79 Å². The van der Waals surface area contributed by atoms with Crippen LogP contribution in [0.5, 0.6) is 0 Å². The van der Waals surface area contributed by atoms with Gasteiger partial charge in [-0.05, 0) is 13.8 Å². The van der Waals surface area contributed by atoms with Crippen molar-refractivity contribution in [2.24, 2.45) is 7.05 Å². The van der Waals surface area contributed by atoms with Gasteiger partial charge in [0.15, 0.2) is 0 Å². The van der Waals surface area contributed by atoms with E-state index < -0.39 is 5.97 Å². The van der Waals surface area contributed by atoms with Gasteiger partial charge in [0.1, 0.15) is 0 Å². The molecule has 1 heterocycles. The third-order valence-corrected chi connectivity index (χ3v) is 1.87. The van der Waals surface area contributed by atoms with E-state index in [1.54, 1.807) is 6.92 Å². The first-order valence-electron chi connectivity index (χ1n) is 3.73. The Morgan fingerprint density at radius 3 is 2.46 bits per heavy atom. The van der Waals surface area contributed by atoms with Gasteiger partial charge in [0, 0.05) is 12.6 Å². The summed E-state index contributed by atoms with van der Waals surface area (Å²) in [6, 6.07) is 0. The van der Waals surface area contributed by atoms with Gasteiger partial charge < -0.3 is 5.11 Å². The quantitative estimate of drug-likeness (QED) is 0.668. The molecule has 1 N–H and O–H groups in total. The molecule has 0 spiro atoms. The van der Waals surface area contributed by atoms with Gasteiger partial charge in [-0.2, -0.15) is 5.10 Å². The highest BCUT2D eigenvalue weighted by atomic mass is 16.4. The summed E-state index contributed by atoms with van der Waals surface area (Å²) in [5.74, 6) is -1.11. The first-order valence-corrected chi connectivity index (χ1v) is 3.73. The number of aromatic carboxylic acids is 1. The fourth-order valence-electron chi connectivity index (χ4n) is 1.26. The molecule has 5 nitrogen and oxygen atoms in total. The van der Waals surface area contributed by atoms with E-state index in [-0.39, 0.29) is 16.7 Å². The first-order chi connectivity index (χ1) is 5.95. The normalized spacial score (nSPS) is 10.1. The Labute approximate surface area is 74.6 Å². The SMILES string of the molecule is Cc1nn(C)c(=O)c(C)c1C(=O)O. The average Bonchev–Trinajstić information content (AvgIpc) is 1.99. The Hall–Kier alpha value is -1.65. The molecule has 0 aromatic carbocycles. The highest BCUT2D eigenvalue weighted by Crippen LogP contribution is 2.05. The van der Waals surface area contributed by atoms with Crippen molar-refractivity contribution in [2.45, 2.75) is 13.8 Å². The summed E-state index contributed by atoms with van der Waals surface area (Å²) in [5.41, 5.74) is 0.209. The van der Waals surface area contributed by atoms with Crippen LogP contribution in [-0.2, 0) is 7.05 Å². The lowest BCUT2D eigenvalue weighted by molar-refractivity contribution is 0.0694. The lowest BCUT2D eigenvalue weighted by Gasteiger charge is -2.05. The minimum atomic E-state index is -1.11. The molecule has 0 bridgehead atoms. The largest absolute Gasteiger partial charge is 0.478 e. The number of rotatable bonds is 1. The number of aryl methyl sites for hydroxylation is 2. The summed E-state index contributed by atoms with van der Waals surface area (Å²) in [4.78, 5) is 22.0. The van der Waals surface area contributed by atoms with Gasteiger partial charge >= 0.3 is 5.97 Å². The number of nitrogens with zero attached hydrogens (tertiary/aromatic N) is 2. The topological polar surface area (TPSA) is 72.2 Å². The number of carboxylic acids is 1. The van der Waals surface area contributed by atoms with Crippen LogP contribution in [0.1, 0.15) is 21.6 Å². The van der Waals surface area contributed by atoms with Crippen LogP contribution in [0.15, 0.2) is 4.79 Å². The van der Waals surface area contributed by atoms with E-state index in [2.05, 4.69) is 5.10 Å². The summed E-state index contributed by atoms with van der Waals surface area (Å²) in [7, 11) is 1.49. The van der Waals surface area contributed by atoms with Crippen molar-refractivity contribution in [1.29, 1.82) is 0 Å². The zero-order chi connectivity index (χ0) is 10.2. The molecule has 13 heavy (non-hydrogen) atoms. The molecule has 0 saturated carbocycles. The van der Waals surface area contributed by atoms with Gasteiger partial charge in [0.2, 0.25) is 0 Å². The van der Waals surface area contributed by atoms with Crippen molar-refractivity contribution >= 4 is 5.97 Å². The molecule has 0 aliphatic rings. The molecule has 1 rings (SSSR count). The molecular formula is C8H10N2O3. The van der Waals surface area contributed by atoms with Crippen LogP contribution < -0.4 is 5.56 Å². The fraction of sp³-hybridized carbons (Fsp3) is 0.375. The van der Waals surface area contributed by atoms with E-state index in [1.807, 2.05) is 0 Å². The van der Waals surface area contributed by atoms with Crippen LogP contribution in [0, 0.1) is 13.8 Å². The highest BCUT2D eigenvalue weighted by Gasteiger charge is 2.15. The minimum Gasteiger partial charge on any atom is -0.478 e. The summed E-state index contributed by atoms with van der Waals surface area (Å²) in [6.45, 7) is 3.05. The summed E-state index contributed by atoms with van der Waals surface area (Å²) >= 11 is 0. The van der Waals surface area contributed by atoms with Crippen molar-refractivity contribution in [1.82, 2.24) is 9.78 Å². The number of aromatic nitrogens is 2. The van der Waals surface area contributed by atoms with Gasteiger partial charge in [0.25, 0.3) is 5.56 Å². The molecule has 0 fully saturated rings. The Kier molecular flexibility index (Phi) is 2.18. The second-order valence-electron chi connectivity index (χ2n) is 2.82. The molecule has 0 atom stereocenters. The predicted octanol–water partition coefficient (Wildman–Crippen LogP) is 0.0953. The van der Waals surface area contributed by atoms with E-state index in [0.717, 1.165) is 4.68 Å². The molecule has 0 unspecified atom stereocenters. The van der Waals surface area contributed by atoms with Gasteiger partial charge in [0.05, 0.1) is 11.3 Å². The maximum absolute atomic E-state index is 11.3. The van der Waals surface area contributed by atoms with Crippen LogP contribution in [-0.4, -0.2) is 20.9 Å². The van der Waals surface area contributed by atoms with Crippen LogP contribution >= 0.6 is 0 Å². The summed E-state index contributed by atoms with van der Waals surface area (Å²) < 4.78 is 1.14. The number of carbonyl (C=O) groups is 1. The molecule has 1 aromatic heterocycles. The van der Waals surface area contributed by atoms with E-state index >= 15 is 0 Å². The van der Waals surface area contributed by atoms with Crippen LogP contribution in [0.3, 0.4) is 0 Å². The third kappa shape index (κ3) is 1.44. The molecular weight excluding hydrogens is 172 g/mol. The Bertz CT molecular complexity index is 420. The molecule has 70 valence electrons. The molecule has 0 aliphatic heterocycles. The van der Waals surface area contributed by atoms with Crippen molar-refractivity contribution in [2.75, 3.05) is 0 Å². The van der Waals surface area contributed by atoms with Crippen molar-refractivity contribution in [3.8, 4) is 0 Å². The van der Waals surface area contributed by atoms with Crippen LogP contribution in [0.2, 0.25) is 0 Å². The maximum atomic E-state index is 11.3. The smallest absolute Gasteiger partial charge is 0.338 e. The average molecular weight is 182 g/mol. The van der Waals surface area contributed by atoms with E-state index in [1.165, 1.54) is 14.0 Å². The van der Waals surface area contributed by atoms with E-state index in [0.29, 0.717) is 5.69 Å². The Morgan fingerprint density at radius 1 is 1.46 bits per heavy atom. The Balaban J connectivity index is 3.63. The van der Waals surface area contributed by atoms with Crippen molar-refractivity contribution < 1.29 is 9.90 Å². The molecule has 0 amide bonds. The zero-order valence-corrected chi connectivity index (χ0v) is 7.66. The van der Waals surface area contributed by atoms with Crippen molar-refractivity contribution in [3.05, 3.63) is 27.2 Å². The number of hydrogen-bond donors (Lipinski definition) is 1. The highest BCUT2D eigenvalue weighted by molar-refractivity contribution is 5.90. The fourth-order valence-corrected chi connectivity index (χ4v) is 1.26. The lowest BCUT2D eigenvalue weighted by atomic mass is 10.1. The van der Waals surface area contributed by atoms with Crippen LogP contribution in [0.25, 0.3) is 0 Å². The predicted molar refractivity (Wildman–Crippen MR) is 45.9 cm³/mol. The molecule has 1 aromatic rings. The van der Waals surface area contributed by atoms with Gasteiger partial charge in [-0.1, -0.05) is 0 Å². The van der Waals surface area contributed by atoms with E-state index in [4.69, 9.17) is 5.11 Å². The standard InChI is InChI=1S/C8H10N2O3/c1-4-6(8(12)13)5(2)9-10(3)7(4)11/h1-3H3,(H,12,13). The van der Waals surface area contributed by atoms with E-state index in [9.17, 15) is 9.59 Å². The second kappa shape index (κ2) is 3.01. The maximum Gasteiger partial charge on any atom is 0.338 e. The summed E-state index contributed by atoms with van der Waals surface area (Å²) in [6.07, 6.45) is 0. The molecule has 5 heteroatoms. The third-order valence-electron chi connectivity index (χ3n) is 1.87. The lowest BCUT2D eigenvalue weighted by Crippen LogP contribution is -2.26. The number of carboxylic acid groups (broad SMARTS) is 1. The Morgan fingerprint density at radius 2 is 2.00 bits per heavy atom.